The minimum absolute atomic E-state index is 0.373. The van der Waals surface area contributed by atoms with Gasteiger partial charge in [-0.05, 0) is 68.7 Å². The maximum absolute atomic E-state index is 11.8. The first kappa shape index (κ1) is 20.8. The van der Waals surface area contributed by atoms with Gasteiger partial charge in [-0.25, -0.2) is 15.0 Å². The number of anilines is 3. The van der Waals surface area contributed by atoms with Gasteiger partial charge in [-0.2, -0.15) is 0 Å². The molecule has 2 aromatic heterocycles. The summed E-state index contributed by atoms with van der Waals surface area (Å²) in [6, 6.07) is 11.1. The lowest BCUT2D eigenvalue weighted by Crippen LogP contribution is -2.08. The van der Waals surface area contributed by atoms with Crippen molar-refractivity contribution in [2.45, 2.75) is 20.8 Å². The van der Waals surface area contributed by atoms with E-state index in [0.29, 0.717) is 23.1 Å². The van der Waals surface area contributed by atoms with Crippen molar-refractivity contribution in [3.63, 3.8) is 0 Å². The molecule has 0 aliphatic rings. The zero-order chi connectivity index (χ0) is 22.5. The van der Waals surface area contributed by atoms with E-state index in [-0.39, 0.29) is 5.91 Å². The molecule has 32 heavy (non-hydrogen) atoms. The second-order valence-corrected chi connectivity index (χ2v) is 6.99. The van der Waals surface area contributed by atoms with Crippen molar-refractivity contribution in [1.29, 1.82) is 0 Å². The number of hydrogen-bond donors (Lipinski definition) is 2. The molecule has 4 aromatic rings. The number of aromatic nitrogens is 4. The van der Waals surface area contributed by atoms with Crippen molar-refractivity contribution in [3.8, 4) is 23.5 Å². The third-order valence-electron chi connectivity index (χ3n) is 4.54. The molecule has 0 saturated heterocycles. The largest absolute Gasteiger partial charge is 0.437 e. The number of hydrogen-bond acceptors (Lipinski definition) is 7. The SMILES string of the molecule is CC#CC(=O)Nc1ccc2ncnc(Nc3ccc(Oc4cnc(C)cn4)c(C)c3)c2c1. The quantitative estimate of drug-likeness (QED) is 0.454. The molecule has 1 amide bonds. The summed E-state index contributed by atoms with van der Waals surface area (Å²) in [5, 5.41) is 6.83. The number of ether oxygens (including phenoxy) is 1. The van der Waals surface area contributed by atoms with Gasteiger partial charge >= 0.3 is 0 Å². The van der Waals surface area contributed by atoms with E-state index in [4.69, 9.17) is 4.74 Å². The Morgan fingerprint density at radius 3 is 2.56 bits per heavy atom. The Labute approximate surface area is 185 Å². The van der Waals surface area contributed by atoms with Gasteiger partial charge in [-0.3, -0.25) is 9.78 Å². The Balaban J connectivity index is 1.58. The first-order valence-corrected chi connectivity index (χ1v) is 9.84. The summed E-state index contributed by atoms with van der Waals surface area (Å²) in [6.07, 6.45) is 4.74. The summed E-state index contributed by atoms with van der Waals surface area (Å²) in [7, 11) is 0. The van der Waals surface area contributed by atoms with Crippen molar-refractivity contribution >= 4 is 34.0 Å². The first-order chi connectivity index (χ1) is 15.5. The monoisotopic (exact) mass is 424 g/mol. The van der Waals surface area contributed by atoms with Crippen molar-refractivity contribution < 1.29 is 9.53 Å². The smallest absolute Gasteiger partial charge is 0.300 e. The van der Waals surface area contributed by atoms with Crippen LogP contribution in [0.1, 0.15) is 18.2 Å². The number of benzene rings is 2. The summed E-state index contributed by atoms with van der Waals surface area (Å²) in [4.78, 5) is 28.9. The van der Waals surface area contributed by atoms with Gasteiger partial charge in [0.2, 0.25) is 5.88 Å². The number of rotatable bonds is 5. The number of carbonyl (C=O) groups is 1. The molecule has 0 bridgehead atoms. The van der Waals surface area contributed by atoms with E-state index in [1.165, 1.54) is 6.33 Å². The lowest BCUT2D eigenvalue weighted by molar-refractivity contribution is -0.111. The summed E-state index contributed by atoms with van der Waals surface area (Å²) >= 11 is 0. The molecule has 8 nitrogen and oxygen atoms in total. The molecule has 0 fully saturated rings. The number of carbonyl (C=O) groups excluding carboxylic acids is 1. The van der Waals surface area contributed by atoms with Crippen LogP contribution in [0.4, 0.5) is 17.2 Å². The maximum atomic E-state index is 11.8. The van der Waals surface area contributed by atoms with E-state index in [2.05, 4.69) is 42.4 Å². The second kappa shape index (κ2) is 9.10. The molecular weight excluding hydrogens is 404 g/mol. The number of nitrogens with one attached hydrogen (secondary N) is 2. The minimum Gasteiger partial charge on any atom is -0.437 e. The summed E-state index contributed by atoms with van der Waals surface area (Å²) in [5.74, 6) is 6.40. The lowest BCUT2D eigenvalue weighted by atomic mass is 10.1. The van der Waals surface area contributed by atoms with Crippen molar-refractivity contribution in [3.05, 3.63) is 66.4 Å². The van der Waals surface area contributed by atoms with E-state index in [1.54, 1.807) is 25.4 Å². The molecule has 8 heteroatoms. The molecular formula is C24H20N6O2. The highest BCUT2D eigenvalue weighted by molar-refractivity contribution is 6.05. The normalized spacial score (nSPS) is 10.2. The van der Waals surface area contributed by atoms with E-state index >= 15 is 0 Å². The average Bonchev–Trinajstić information content (AvgIpc) is 2.78. The number of nitrogens with zero attached hydrogens (tertiary/aromatic N) is 4. The molecule has 0 spiro atoms. The van der Waals surface area contributed by atoms with Crippen LogP contribution in [0.5, 0.6) is 11.6 Å². The predicted octanol–water partition coefficient (Wildman–Crippen LogP) is 4.53. The van der Waals surface area contributed by atoms with Crippen molar-refractivity contribution in [2.75, 3.05) is 10.6 Å². The molecule has 158 valence electrons. The van der Waals surface area contributed by atoms with Crippen LogP contribution in [-0.2, 0) is 4.79 Å². The molecule has 0 aliphatic heterocycles. The highest BCUT2D eigenvalue weighted by Gasteiger charge is 2.09. The van der Waals surface area contributed by atoms with Crippen LogP contribution in [0.2, 0.25) is 0 Å². The standard InChI is InChI=1S/C24H20N6O2/c1-4-5-22(31)29-18-6-8-20-19(11-18)24(28-14-27-20)30-17-7-9-21(15(2)10-17)32-23-13-25-16(3)12-26-23/h6-14H,1-3H3,(H,29,31)(H,27,28,30). The van der Waals surface area contributed by atoms with E-state index in [9.17, 15) is 4.79 Å². The maximum Gasteiger partial charge on any atom is 0.300 e. The fourth-order valence-electron chi connectivity index (χ4n) is 3.03. The number of fused-ring (bicyclic) bond motifs is 1. The molecule has 0 atom stereocenters. The van der Waals surface area contributed by atoms with Gasteiger partial charge in [0.15, 0.2) is 0 Å². The topological polar surface area (TPSA) is 102 Å². The van der Waals surface area contributed by atoms with Gasteiger partial charge in [0, 0.05) is 16.8 Å². The van der Waals surface area contributed by atoms with Gasteiger partial charge in [-0.1, -0.05) is 5.92 Å². The predicted molar refractivity (Wildman–Crippen MR) is 123 cm³/mol. The molecule has 2 heterocycles. The van der Waals surface area contributed by atoms with Crippen LogP contribution < -0.4 is 15.4 Å². The third-order valence-corrected chi connectivity index (χ3v) is 4.54. The van der Waals surface area contributed by atoms with E-state index < -0.39 is 0 Å². The highest BCUT2D eigenvalue weighted by atomic mass is 16.5. The Bertz CT molecular complexity index is 1360. The van der Waals surface area contributed by atoms with Crippen LogP contribution in [-0.4, -0.2) is 25.8 Å². The molecule has 0 unspecified atom stereocenters. The molecule has 0 radical (unpaired) electrons. The summed E-state index contributed by atoms with van der Waals surface area (Å²) in [6.45, 7) is 5.43. The van der Waals surface area contributed by atoms with Crippen molar-refractivity contribution in [2.24, 2.45) is 0 Å². The van der Waals surface area contributed by atoms with Gasteiger partial charge in [-0.15, -0.1) is 0 Å². The molecule has 2 N–H and O–H groups in total. The van der Waals surface area contributed by atoms with Gasteiger partial charge in [0.25, 0.3) is 5.91 Å². The Morgan fingerprint density at radius 1 is 0.969 bits per heavy atom. The van der Waals surface area contributed by atoms with Crippen LogP contribution in [0.3, 0.4) is 0 Å². The fraction of sp³-hybridized carbons (Fsp3) is 0.125. The number of amides is 1. The Morgan fingerprint density at radius 2 is 1.81 bits per heavy atom. The highest BCUT2D eigenvalue weighted by Crippen LogP contribution is 2.29. The first-order valence-electron chi connectivity index (χ1n) is 9.84. The third kappa shape index (κ3) is 4.79. The fourth-order valence-corrected chi connectivity index (χ4v) is 3.03. The van der Waals surface area contributed by atoms with Gasteiger partial charge < -0.3 is 15.4 Å². The van der Waals surface area contributed by atoms with Crippen LogP contribution >= 0.6 is 0 Å². The summed E-state index contributed by atoms with van der Waals surface area (Å²) in [5.41, 5.74) is 3.93. The molecule has 0 aliphatic carbocycles. The molecule has 4 rings (SSSR count). The van der Waals surface area contributed by atoms with E-state index in [1.807, 2.05) is 44.2 Å². The Kier molecular flexibility index (Phi) is 5.90. The Hall–Kier alpha value is -4.51. The van der Waals surface area contributed by atoms with Crippen molar-refractivity contribution in [1.82, 2.24) is 19.9 Å². The van der Waals surface area contributed by atoms with Gasteiger partial charge in [0.05, 0.1) is 23.6 Å². The number of aryl methyl sites for hydroxylation is 2. The minimum atomic E-state index is -0.373. The molecule has 2 aromatic carbocycles. The van der Waals surface area contributed by atoms with Crippen LogP contribution in [0.15, 0.2) is 55.1 Å². The van der Waals surface area contributed by atoms with Gasteiger partial charge in [0.1, 0.15) is 17.9 Å². The zero-order valence-electron chi connectivity index (χ0n) is 17.8. The van der Waals surface area contributed by atoms with Crippen LogP contribution in [0, 0.1) is 25.7 Å². The average molecular weight is 424 g/mol. The van der Waals surface area contributed by atoms with Crippen LogP contribution in [0.25, 0.3) is 10.9 Å². The summed E-state index contributed by atoms with van der Waals surface area (Å²) < 4.78 is 5.83. The second-order valence-electron chi connectivity index (χ2n) is 6.99. The lowest BCUT2D eigenvalue weighted by Gasteiger charge is -2.12. The van der Waals surface area contributed by atoms with E-state index in [0.717, 1.165) is 27.8 Å². The molecule has 0 saturated carbocycles. The zero-order valence-corrected chi connectivity index (χ0v) is 17.8.